The zero-order chi connectivity index (χ0) is 14.5. The molecule has 0 atom stereocenters. The van der Waals surface area contributed by atoms with Gasteiger partial charge in [-0.3, -0.25) is 4.79 Å². The summed E-state index contributed by atoms with van der Waals surface area (Å²) < 4.78 is 13.8. The molecule has 4 heteroatoms. The Labute approximate surface area is 121 Å². The minimum Gasteiger partial charge on any atom is -0.481 e. The number of carbonyl (C=O) groups is 1. The molecule has 0 bridgehead atoms. The molecule has 104 valence electrons. The first-order valence-electron chi connectivity index (χ1n) is 6.32. The van der Waals surface area contributed by atoms with Gasteiger partial charge < -0.3 is 5.11 Å². The minimum absolute atomic E-state index is 0.160. The predicted octanol–water partition coefficient (Wildman–Crippen LogP) is 4.55. The molecule has 0 heterocycles. The van der Waals surface area contributed by atoms with Crippen molar-refractivity contribution in [3.05, 3.63) is 58.9 Å². The summed E-state index contributed by atoms with van der Waals surface area (Å²) in [6.45, 7) is 0. The standard InChI is InChI=1S/C16H14ClFO2/c17-13-8-9-14(15(18)10-13)12-6-4-11(5-7-12)2-1-3-16(19)20/h4-10H,1-3H2,(H,19,20). The third-order valence-corrected chi connectivity index (χ3v) is 3.29. The molecule has 0 aromatic heterocycles. The second-order valence-electron chi connectivity index (χ2n) is 4.57. The number of aliphatic carboxylic acids is 1. The minimum atomic E-state index is -0.787. The van der Waals surface area contributed by atoms with Crippen molar-refractivity contribution in [1.82, 2.24) is 0 Å². The molecule has 0 saturated carbocycles. The Morgan fingerprint density at radius 3 is 2.45 bits per heavy atom. The number of benzene rings is 2. The van der Waals surface area contributed by atoms with Crippen LogP contribution in [0.2, 0.25) is 5.02 Å². The van der Waals surface area contributed by atoms with Crippen LogP contribution in [0.15, 0.2) is 42.5 Å². The summed E-state index contributed by atoms with van der Waals surface area (Å²) in [5, 5.41) is 8.96. The molecule has 2 nitrogen and oxygen atoms in total. The van der Waals surface area contributed by atoms with E-state index in [0.29, 0.717) is 23.4 Å². The van der Waals surface area contributed by atoms with Crippen molar-refractivity contribution in [3.63, 3.8) is 0 Å². The Kier molecular flexibility index (Phi) is 4.74. The number of carboxylic acids is 1. The first kappa shape index (κ1) is 14.5. The van der Waals surface area contributed by atoms with Crippen molar-refractivity contribution < 1.29 is 14.3 Å². The third kappa shape index (κ3) is 3.81. The number of carboxylic acid groups (broad SMARTS) is 1. The van der Waals surface area contributed by atoms with Crippen LogP contribution in [0, 0.1) is 5.82 Å². The molecular weight excluding hydrogens is 279 g/mol. The van der Waals surface area contributed by atoms with Crippen molar-refractivity contribution in [1.29, 1.82) is 0 Å². The van der Waals surface area contributed by atoms with Gasteiger partial charge in [-0.2, -0.15) is 0 Å². The van der Waals surface area contributed by atoms with Gasteiger partial charge in [-0.05, 0) is 42.2 Å². The Morgan fingerprint density at radius 1 is 1.15 bits per heavy atom. The Hall–Kier alpha value is -1.87. The van der Waals surface area contributed by atoms with E-state index >= 15 is 0 Å². The van der Waals surface area contributed by atoms with E-state index in [1.165, 1.54) is 6.07 Å². The average Bonchev–Trinajstić information content (AvgIpc) is 2.39. The monoisotopic (exact) mass is 292 g/mol. The van der Waals surface area contributed by atoms with E-state index in [4.69, 9.17) is 16.7 Å². The summed E-state index contributed by atoms with van der Waals surface area (Å²) >= 11 is 5.72. The van der Waals surface area contributed by atoms with Crippen LogP contribution < -0.4 is 0 Å². The quantitative estimate of drug-likeness (QED) is 0.877. The molecule has 20 heavy (non-hydrogen) atoms. The van der Waals surface area contributed by atoms with Gasteiger partial charge in [0.05, 0.1) is 0 Å². The molecule has 0 saturated heterocycles. The van der Waals surface area contributed by atoms with Crippen molar-refractivity contribution in [2.24, 2.45) is 0 Å². The second-order valence-corrected chi connectivity index (χ2v) is 5.00. The maximum absolute atomic E-state index is 13.8. The molecule has 0 radical (unpaired) electrons. The van der Waals surface area contributed by atoms with Gasteiger partial charge in [0.1, 0.15) is 5.82 Å². The third-order valence-electron chi connectivity index (χ3n) is 3.05. The number of hydrogen-bond donors (Lipinski definition) is 1. The lowest BCUT2D eigenvalue weighted by molar-refractivity contribution is -0.137. The fraction of sp³-hybridized carbons (Fsp3) is 0.188. The van der Waals surface area contributed by atoms with E-state index in [2.05, 4.69) is 0 Å². The highest BCUT2D eigenvalue weighted by Crippen LogP contribution is 2.25. The van der Waals surface area contributed by atoms with Gasteiger partial charge >= 0.3 is 5.97 Å². The topological polar surface area (TPSA) is 37.3 Å². The first-order chi connectivity index (χ1) is 9.56. The number of aryl methyl sites for hydroxylation is 1. The Balaban J connectivity index is 2.09. The molecule has 0 amide bonds. The van der Waals surface area contributed by atoms with E-state index in [1.54, 1.807) is 12.1 Å². The molecule has 1 N–H and O–H groups in total. The van der Waals surface area contributed by atoms with E-state index in [9.17, 15) is 9.18 Å². The molecule has 2 rings (SSSR count). The van der Waals surface area contributed by atoms with Crippen LogP contribution in [-0.2, 0) is 11.2 Å². The largest absolute Gasteiger partial charge is 0.481 e. The lowest BCUT2D eigenvalue weighted by Gasteiger charge is -2.06. The maximum Gasteiger partial charge on any atom is 0.303 e. The summed E-state index contributed by atoms with van der Waals surface area (Å²) in [6.07, 6.45) is 1.47. The highest BCUT2D eigenvalue weighted by atomic mass is 35.5. The zero-order valence-electron chi connectivity index (χ0n) is 10.8. The van der Waals surface area contributed by atoms with E-state index in [0.717, 1.165) is 11.1 Å². The van der Waals surface area contributed by atoms with Gasteiger partial charge in [0.15, 0.2) is 0 Å². The highest BCUT2D eigenvalue weighted by molar-refractivity contribution is 6.30. The normalized spacial score (nSPS) is 10.5. The number of hydrogen-bond acceptors (Lipinski definition) is 1. The van der Waals surface area contributed by atoms with Crippen molar-refractivity contribution in [3.8, 4) is 11.1 Å². The van der Waals surface area contributed by atoms with Gasteiger partial charge in [0.25, 0.3) is 0 Å². The molecule has 2 aromatic carbocycles. The van der Waals surface area contributed by atoms with Crippen LogP contribution in [0.1, 0.15) is 18.4 Å². The predicted molar refractivity (Wildman–Crippen MR) is 77.4 cm³/mol. The van der Waals surface area contributed by atoms with Crippen molar-refractivity contribution in [2.45, 2.75) is 19.3 Å². The first-order valence-corrected chi connectivity index (χ1v) is 6.70. The van der Waals surface area contributed by atoms with Crippen LogP contribution in [0.5, 0.6) is 0 Å². The average molecular weight is 293 g/mol. The van der Waals surface area contributed by atoms with Gasteiger partial charge in [0.2, 0.25) is 0 Å². The fourth-order valence-electron chi connectivity index (χ4n) is 2.02. The number of rotatable bonds is 5. The van der Waals surface area contributed by atoms with Crippen molar-refractivity contribution in [2.75, 3.05) is 0 Å². The lowest BCUT2D eigenvalue weighted by atomic mass is 10.0. The van der Waals surface area contributed by atoms with E-state index in [1.807, 2.05) is 24.3 Å². The maximum atomic E-state index is 13.8. The molecule has 2 aromatic rings. The van der Waals surface area contributed by atoms with Crippen LogP contribution >= 0.6 is 11.6 Å². The Bertz CT molecular complexity index is 608. The van der Waals surface area contributed by atoms with Gasteiger partial charge in [-0.25, -0.2) is 4.39 Å². The van der Waals surface area contributed by atoms with Crippen LogP contribution in [0.3, 0.4) is 0 Å². The summed E-state index contributed by atoms with van der Waals surface area (Å²) in [4.78, 5) is 10.4. The van der Waals surface area contributed by atoms with Crippen molar-refractivity contribution >= 4 is 17.6 Å². The summed E-state index contributed by atoms with van der Waals surface area (Å²) in [6, 6.07) is 12.1. The van der Waals surface area contributed by atoms with Crippen LogP contribution in [0.4, 0.5) is 4.39 Å². The van der Waals surface area contributed by atoms with E-state index in [-0.39, 0.29) is 12.2 Å². The summed E-state index contributed by atoms with van der Waals surface area (Å²) in [5.74, 6) is -1.14. The zero-order valence-corrected chi connectivity index (χ0v) is 11.5. The SMILES string of the molecule is O=C(O)CCCc1ccc(-c2ccc(Cl)cc2F)cc1. The van der Waals surface area contributed by atoms with Gasteiger partial charge in [-0.15, -0.1) is 0 Å². The van der Waals surface area contributed by atoms with Crippen LogP contribution in [-0.4, -0.2) is 11.1 Å². The molecule has 0 unspecified atom stereocenters. The molecule has 0 aliphatic rings. The molecule has 0 spiro atoms. The highest BCUT2D eigenvalue weighted by Gasteiger charge is 2.06. The number of halogens is 2. The molecule has 0 aliphatic heterocycles. The Morgan fingerprint density at radius 2 is 1.85 bits per heavy atom. The van der Waals surface area contributed by atoms with Gasteiger partial charge in [-0.1, -0.05) is 35.9 Å². The summed E-state index contributed by atoms with van der Waals surface area (Å²) in [5.41, 5.74) is 2.33. The smallest absolute Gasteiger partial charge is 0.303 e. The second kappa shape index (κ2) is 6.53. The fourth-order valence-corrected chi connectivity index (χ4v) is 2.18. The molecule has 0 aliphatic carbocycles. The van der Waals surface area contributed by atoms with E-state index < -0.39 is 5.97 Å². The summed E-state index contributed by atoms with van der Waals surface area (Å²) in [7, 11) is 0. The van der Waals surface area contributed by atoms with Crippen LogP contribution in [0.25, 0.3) is 11.1 Å². The molecule has 0 fully saturated rings. The lowest BCUT2D eigenvalue weighted by Crippen LogP contribution is -1.95. The van der Waals surface area contributed by atoms with Gasteiger partial charge in [0, 0.05) is 17.0 Å². The molecular formula is C16H14ClFO2.